The van der Waals surface area contributed by atoms with Gasteiger partial charge in [0, 0.05) is 61.4 Å². The van der Waals surface area contributed by atoms with E-state index in [9.17, 15) is 35.9 Å². The minimum atomic E-state index is -5.07. The third-order valence-corrected chi connectivity index (χ3v) is 9.49. The lowest BCUT2D eigenvalue weighted by Gasteiger charge is -2.42. The van der Waals surface area contributed by atoms with Crippen LogP contribution in [0.2, 0.25) is 0 Å². The fourth-order valence-corrected chi connectivity index (χ4v) is 6.93. The number of alkyl halides is 6. The highest BCUT2D eigenvalue weighted by Crippen LogP contribution is 2.37. The normalized spacial score (nSPS) is 18.0. The number of nitrogens with zero attached hydrogens (tertiary/aromatic N) is 3. The summed E-state index contributed by atoms with van der Waals surface area (Å²) in [7, 11) is 0. The minimum Gasteiger partial charge on any atom is -0.361 e. The van der Waals surface area contributed by atoms with Gasteiger partial charge < -0.3 is 14.8 Å². The van der Waals surface area contributed by atoms with Gasteiger partial charge in [0.2, 0.25) is 5.91 Å². The molecule has 0 radical (unpaired) electrons. The van der Waals surface area contributed by atoms with Gasteiger partial charge in [-0.05, 0) is 67.0 Å². The van der Waals surface area contributed by atoms with E-state index in [0.717, 1.165) is 35.7 Å². The van der Waals surface area contributed by atoms with Crippen molar-refractivity contribution < 1.29 is 35.9 Å². The lowest BCUT2D eigenvalue weighted by molar-refractivity contribution is -0.143. The lowest BCUT2D eigenvalue weighted by Crippen LogP contribution is -2.57. The summed E-state index contributed by atoms with van der Waals surface area (Å²) in [5, 5.41) is 0.898. The number of amides is 2. The highest BCUT2D eigenvalue weighted by Gasteiger charge is 2.39. The third kappa shape index (κ3) is 8.59. The molecule has 6 rings (SSSR count). The van der Waals surface area contributed by atoms with Gasteiger partial charge >= 0.3 is 12.4 Å². The van der Waals surface area contributed by atoms with Gasteiger partial charge in [-0.2, -0.15) is 26.3 Å². The average molecular weight is 707 g/mol. The van der Waals surface area contributed by atoms with E-state index < -0.39 is 41.0 Å². The van der Waals surface area contributed by atoms with Crippen molar-refractivity contribution in [3.63, 3.8) is 0 Å². The van der Waals surface area contributed by atoms with E-state index in [1.807, 2.05) is 52.3 Å². The Morgan fingerprint density at radius 2 is 1.41 bits per heavy atom. The summed E-state index contributed by atoms with van der Waals surface area (Å²) in [6.07, 6.45) is -5.32. The standard InChI is InChI=1S/C36H36F6N4O2.ClH/c37-35(38,39)28-17-26(18-29(20-28)36(40,41)42)34(48)46-15-14-44(22-30(46)19-27-21-43-32-9-5-4-8-31(27)32)23-33(47)45-12-10-25(11-13-45)16-24-6-2-1-3-7-24;/h1-9,17-18,20-21,25,30,43H,10-16,19,22-23H2;1H/t30-;/m1./s1. The number of halogens is 7. The van der Waals surface area contributed by atoms with Gasteiger partial charge in [0.25, 0.3) is 5.91 Å². The summed E-state index contributed by atoms with van der Waals surface area (Å²) < 4.78 is 81.8. The van der Waals surface area contributed by atoms with E-state index in [4.69, 9.17) is 0 Å². The molecule has 2 saturated heterocycles. The summed E-state index contributed by atoms with van der Waals surface area (Å²) >= 11 is 0. The van der Waals surface area contributed by atoms with Crippen LogP contribution in [0.1, 0.15) is 45.5 Å². The number of hydrogen-bond donors (Lipinski definition) is 1. The summed E-state index contributed by atoms with van der Waals surface area (Å²) in [6, 6.07) is 18.1. The van der Waals surface area contributed by atoms with Crippen LogP contribution in [0.15, 0.2) is 79.0 Å². The van der Waals surface area contributed by atoms with Crippen molar-refractivity contribution in [1.82, 2.24) is 19.7 Å². The first-order valence-corrected chi connectivity index (χ1v) is 16.0. The average Bonchev–Trinajstić information content (AvgIpc) is 3.47. The molecule has 49 heavy (non-hydrogen) atoms. The summed E-state index contributed by atoms with van der Waals surface area (Å²) in [5.74, 6) is -0.463. The zero-order valence-electron chi connectivity index (χ0n) is 26.6. The number of aromatic nitrogens is 1. The molecule has 262 valence electrons. The molecule has 3 aromatic carbocycles. The number of piperidine rings is 1. The Morgan fingerprint density at radius 1 is 0.776 bits per heavy atom. The van der Waals surface area contributed by atoms with Crippen LogP contribution in [-0.4, -0.2) is 76.8 Å². The van der Waals surface area contributed by atoms with Crippen LogP contribution in [0.25, 0.3) is 10.9 Å². The smallest absolute Gasteiger partial charge is 0.361 e. The van der Waals surface area contributed by atoms with Crippen molar-refractivity contribution in [1.29, 1.82) is 0 Å². The second kappa shape index (κ2) is 14.8. The van der Waals surface area contributed by atoms with Crippen LogP contribution in [0.3, 0.4) is 0 Å². The number of fused-ring (bicyclic) bond motifs is 1. The molecule has 2 aliphatic rings. The minimum absolute atomic E-state index is 0. The number of benzene rings is 3. The van der Waals surface area contributed by atoms with Crippen molar-refractivity contribution in [2.75, 3.05) is 39.3 Å². The molecule has 0 aliphatic carbocycles. The monoisotopic (exact) mass is 706 g/mol. The quantitative estimate of drug-likeness (QED) is 0.203. The maximum absolute atomic E-state index is 13.8. The predicted octanol–water partition coefficient (Wildman–Crippen LogP) is 7.48. The fourth-order valence-electron chi connectivity index (χ4n) is 6.93. The number of rotatable bonds is 7. The summed E-state index contributed by atoms with van der Waals surface area (Å²) in [6.45, 7) is 1.91. The number of aromatic amines is 1. The van der Waals surface area contributed by atoms with Crippen molar-refractivity contribution in [2.24, 2.45) is 5.92 Å². The van der Waals surface area contributed by atoms with E-state index >= 15 is 0 Å². The molecule has 3 heterocycles. The zero-order valence-corrected chi connectivity index (χ0v) is 27.4. The first-order valence-electron chi connectivity index (χ1n) is 16.0. The molecule has 2 amide bonds. The lowest BCUT2D eigenvalue weighted by atomic mass is 9.90. The number of carbonyl (C=O) groups excluding carboxylic acids is 2. The number of carbonyl (C=O) groups is 2. The molecule has 13 heteroatoms. The largest absolute Gasteiger partial charge is 0.416 e. The second-order valence-corrected chi connectivity index (χ2v) is 12.8. The fraction of sp³-hybridized carbons (Fsp3) is 0.389. The zero-order chi connectivity index (χ0) is 34.1. The Labute approximate surface area is 286 Å². The number of para-hydroxylation sites is 1. The molecule has 1 atom stereocenters. The van der Waals surface area contributed by atoms with Gasteiger partial charge in [-0.15, -0.1) is 12.4 Å². The molecule has 1 aromatic heterocycles. The van der Waals surface area contributed by atoms with Crippen LogP contribution in [0.5, 0.6) is 0 Å². The first-order chi connectivity index (χ1) is 22.8. The Morgan fingerprint density at radius 3 is 2.06 bits per heavy atom. The Kier molecular flexibility index (Phi) is 11.0. The van der Waals surface area contributed by atoms with Crippen LogP contribution in [0, 0.1) is 5.92 Å². The van der Waals surface area contributed by atoms with Crippen molar-refractivity contribution in [2.45, 2.75) is 44.1 Å². The second-order valence-electron chi connectivity index (χ2n) is 12.8. The van der Waals surface area contributed by atoms with E-state index in [2.05, 4.69) is 17.1 Å². The van der Waals surface area contributed by atoms with Crippen LogP contribution >= 0.6 is 12.4 Å². The van der Waals surface area contributed by atoms with Gasteiger partial charge in [-0.3, -0.25) is 14.5 Å². The van der Waals surface area contributed by atoms with Gasteiger partial charge in [-0.25, -0.2) is 0 Å². The van der Waals surface area contributed by atoms with E-state index in [1.54, 1.807) is 6.20 Å². The molecule has 2 aliphatic heterocycles. The number of H-pyrrole nitrogens is 1. The highest BCUT2D eigenvalue weighted by atomic mass is 35.5. The van der Waals surface area contributed by atoms with Crippen molar-refractivity contribution in [3.05, 3.63) is 107 Å². The molecule has 0 saturated carbocycles. The number of hydrogen-bond acceptors (Lipinski definition) is 3. The first kappa shape index (κ1) is 36.3. The molecule has 0 bridgehead atoms. The maximum atomic E-state index is 13.8. The predicted molar refractivity (Wildman–Crippen MR) is 176 cm³/mol. The van der Waals surface area contributed by atoms with Crippen LogP contribution in [0.4, 0.5) is 26.3 Å². The topological polar surface area (TPSA) is 59.7 Å². The summed E-state index contributed by atoms with van der Waals surface area (Å²) in [5.41, 5.74) is -0.769. The number of likely N-dealkylation sites (tertiary alicyclic amines) is 1. The van der Waals surface area contributed by atoms with E-state index in [1.165, 1.54) is 10.5 Å². The molecule has 2 fully saturated rings. The van der Waals surface area contributed by atoms with Crippen LogP contribution < -0.4 is 0 Å². The van der Waals surface area contributed by atoms with Gasteiger partial charge in [0.1, 0.15) is 0 Å². The molecule has 0 unspecified atom stereocenters. The molecular weight excluding hydrogens is 670 g/mol. The van der Waals surface area contributed by atoms with Crippen LogP contribution in [-0.2, 0) is 30.0 Å². The molecule has 1 N–H and O–H groups in total. The van der Waals surface area contributed by atoms with E-state index in [-0.39, 0.29) is 57.0 Å². The van der Waals surface area contributed by atoms with Gasteiger partial charge in [0.05, 0.1) is 17.7 Å². The number of nitrogens with one attached hydrogen (secondary N) is 1. The van der Waals surface area contributed by atoms with Crippen molar-refractivity contribution in [3.8, 4) is 0 Å². The summed E-state index contributed by atoms with van der Waals surface area (Å²) in [4.78, 5) is 35.5. The Bertz CT molecular complexity index is 1720. The highest BCUT2D eigenvalue weighted by molar-refractivity contribution is 5.95. The third-order valence-electron chi connectivity index (χ3n) is 9.49. The Balaban J connectivity index is 0.00000468. The molecule has 4 aromatic rings. The van der Waals surface area contributed by atoms with Gasteiger partial charge in [-0.1, -0.05) is 48.5 Å². The van der Waals surface area contributed by atoms with Crippen molar-refractivity contribution >= 4 is 35.1 Å². The van der Waals surface area contributed by atoms with Gasteiger partial charge in [0.15, 0.2) is 0 Å². The molecular formula is C36H37ClF6N4O2. The number of piperazine rings is 1. The Hall–Kier alpha value is -4.03. The molecule has 0 spiro atoms. The SMILES string of the molecule is Cl.O=C(CN1CCN(C(=O)c2cc(C(F)(F)F)cc(C(F)(F)F)c2)[C@H](Cc2c[nH]c3ccccc23)C1)N1CCC(Cc2ccccc2)CC1. The van der Waals surface area contributed by atoms with E-state index in [0.29, 0.717) is 31.1 Å². The maximum Gasteiger partial charge on any atom is 0.416 e. The molecule has 6 nitrogen and oxygen atoms in total.